The zero-order valence-electron chi connectivity index (χ0n) is 15.2. The van der Waals surface area contributed by atoms with E-state index >= 15 is 0 Å². The number of carbonyl (C=O) groups excluding carboxylic acids is 1. The van der Waals surface area contributed by atoms with E-state index in [1.54, 1.807) is 33.5 Å². The first-order chi connectivity index (χ1) is 12.7. The first-order valence-electron chi connectivity index (χ1n) is 8.73. The predicted octanol–water partition coefficient (Wildman–Crippen LogP) is 3.41. The molecular formula is C20H22N2O4. The van der Waals surface area contributed by atoms with Crippen LogP contribution in [0.2, 0.25) is 0 Å². The fraction of sp³-hybridized carbons (Fsp3) is 0.350. The van der Waals surface area contributed by atoms with Crippen LogP contribution in [-0.2, 0) is 17.6 Å². The SMILES string of the molecule is COc1cc2c(c(OC)c1)C(=Cc1[nH]c3c(c1OC)CCCC3)C(=O)N2. The van der Waals surface area contributed by atoms with E-state index in [1.807, 2.05) is 6.08 Å². The molecule has 4 rings (SSSR count). The summed E-state index contributed by atoms with van der Waals surface area (Å²) in [5.74, 6) is 1.90. The Labute approximate surface area is 152 Å². The molecule has 0 spiro atoms. The highest BCUT2D eigenvalue weighted by atomic mass is 16.5. The summed E-state index contributed by atoms with van der Waals surface area (Å²) in [5, 5.41) is 2.89. The monoisotopic (exact) mass is 354 g/mol. The van der Waals surface area contributed by atoms with Crippen molar-refractivity contribution in [3.8, 4) is 17.2 Å². The van der Waals surface area contributed by atoms with Gasteiger partial charge in [-0.1, -0.05) is 0 Å². The van der Waals surface area contributed by atoms with Crippen molar-refractivity contribution in [3.05, 3.63) is 34.6 Å². The molecule has 2 aliphatic rings. The molecule has 136 valence electrons. The number of aromatic nitrogens is 1. The summed E-state index contributed by atoms with van der Waals surface area (Å²) < 4.78 is 16.4. The number of H-pyrrole nitrogens is 1. The van der Waals surface area contributed by atoms with Crippen LogP contribution in [0.3, 0.4) is 0 Å². The van der Waals surface area contributed by atoms with Gasteiger partial charge in [-0.2, -0.15) is 0 Å². The molecule has 6 heteroatoms. The molecule has 0 unspecified atom stereocenters. The van der Waals surface area contributed by atoms with E-state index in [4.69, 9.17) is 14.2 Å². The van der Waals surface area contributed by atoms with E-state index in [9.17, 15) is 4.79 Å². The molecule has 1 amide bonds. The average Bonchev–Trinajstić information content (AvgIpc) is 3.17. The van der Waals surface area contributed by atoms with Crippen molar-refractivity contribution in [2.75, 3.05) is 26.6 Å². The van der Waals surface area contributed by atoms with Crippen molar-refractivity contribution in [1.82, 2.24) is 4.98 Å². The summed E-state index contributed by atoms with van der Waals surface area (Å²) in [6.45, 7) is 0. The number of hydrogen-bond donors (Lipinski definition) is 2. The Balaban J connectivity index is 1.86. The molecule has 2 N–H and O–H groups in total. The number of aromatic amines is 1. The second-order valence-electron chi connectivity index (χ2n) is 6.50. The molecule has 0 saturated carbocycles. The molecule has 1 aliphatic carbocycles. The molecule has 1 aromatic carbocycles. The minimum absolute atomic E-state index is 0.166. The third-order valence-corrected chi connectivity index (χ3v) is 5.06. The van der Waals surface area contributed by atoms with Crippen LogP contribution < -0.4 is 19.5 Å². The van der Waals surface area contributed by atoms with Crippen LogP contribution >= 0.6 is 0 Å². The standard InChI is InChI=1S/C20H22N2O4/c1-24-11-8-15-18(17(9-11)25-2)13(20(23)22-15)10-16-19(26-3)12-6-4-5-7-14(12)21-16/h8-10,21H,4-7H2,1-3H3,(H,22,23). The number of carbonyl (C=O) groups is 1. The molecule has 0 radical (unpaired) electrons. The summed E-state index contributed by atoms with van der Waals surface area (Å²) in [7, 11) is 4.85. The molecular weight excluding hydrogens is 332 g/mol. The van der Waals surface area contributed by atoms with E-state index in [0.29, 0.717) is 22.8 Å². The first kappa shape index (κ1) is 16.6. The van der Waals surface area contributed by atoms with Crippen LogP contribution in [0.4, 0.5) is 5.69 Å². The third kappa shape index (κ3) is 2.53. The maximum atomic E-state index is 12.6. The van der Waals surface area contributed by atoms with Gasteiger partial charge in [-0.15, -0.1) is 0 Å². The second-order valence-corrected chi connectivity index (χ2v) is 6.50. The van der Waals surface area contributed by atoms with Crippen molar-refractivity contribution in [2.45, 2.75) is 25.7 Å². The van der Waals surface area contributed by atoms with Crippen LogP contribution in [0.1, 0.15) is 35.4 Å². The average molecular weight is 354 g/mol. The normalized spacial score (nSPS) is 16.9. The Bertz CT molecular complexity index is 911. The van der Waals surface area contributed by atoms with Crippen molar-refractivity contribution < 1.29 is 19.0 Å². The summed E-state index contributed by atoms with van der Waals surface area (Å²) in [4.78, 5) is 16.1. The van der Waals surface area contributed by atoms with Gasteiger partial charge in [0.1, 0.15) is 17.2 Å². The Kier molecular flexibility index (Phi) is 4.11. The smallest absolute Gasteiger partial charge is 0.256 e. The lowest BCUT2D eigenvalue weighted by atomic mass is 9.97. The summed E-state index contributed by atoms with van der Waals surface area (Å²) >= 11 is 0. The van der Waals surface area contributed by atoms with Crippen molar-refractivity contribution in [3.63, 3.8) is 0 Å². The van der Waals surface area contributed by atoms with Gasteiger partial charge < -0.3 is 24.5 Å². The van der Waals surface area contributed by atoms with Gasteiger partial charge in [-0.25, -0.2) is 0 Å². The first-order valence-corrected chi connectivity index (χ1v) is 8.73. The highest BCUT2D eigenvalue weighted by Gasteiger charge is 2.30. The molecule has 1 aliphatic heterocycles. The Morgan fingerprint density at radius 3 is 2.58 bits per heavy atom. The Hall–Kier alpha value is -2.89. The Morgan fingerprint density at radius 2 is 1.85 bits per heavy atom. The lowest BCUT2D eigenvalue weighted by Crippen LogP contribution is -2.03. The van der Waals surface area contributed by atoms with Gasteiger partial charge in [-0.05, 0) is 31.8 Å². The predicted molar refractivity (Wildman–Crippen MR) is 100 cm³/mol. The number of fused-ring (bicyclic) bond motifs is 2. The molecule has 2 heterocycles. The van der Waals surface area contributed by atoms with E-state index < -0.39 is 0 Å². The quantitative estimate of drug-likeness (QED) is 0.826. The minimum atomic E-state index is -0.166. The van der Waals surface area contributed by atoms with E-state index in [1.165, 1.54) is 17.7 Å². The van der Waals surface area contributed by atoms with Gasteiger partial charge in [0.15, 0.2) is 0 Å². The van der Waals surface area contributed by atoms with Crippen LogP contribution in [-0.4, -0.2) is 32.2 Å². The summed E-state index contributed by atoms with van der Waals surface area (Å²) in [6, 6.07) is 3.58. The van der Waals surface area contributed by atoms with E-state index in [2.05, 4.69) is 10.3 Å². The number of benzene rings is 1. The largest absolute Gasteiger partial charge is 0.497 e. The lowest BCUT2D eigenvalue weighted by molar-refractivity contribution is -0.110. The molecule has 0 fully saturated rings. The number of aryl methyl sites for hydroxylation is 1. The number of ether oxygens (including phenoxy) is 3. The molecule has 6 nitrogen and oxygen atoms in total. The lowest BCUT2D eigenvalue weighted by Gasteiger charge is -2.11. The molecule has 0 atom stereocenters. The van der Waals surface area contributed by atoms with Crippen molar-refractivity contribution in [1.29, 1.82) is 0 Å². The minimum Gasteiger partial charge on any atom is -0.497 e. The molecule has 26 heavy (non-hydrogen) atoms. The van der Waals surface area contributed by atoms with Gasteiger partial charge in [0.2, 0.25) is 0 Å². The zero-order valence-corrected chi connectivity index (χ0v) is 15.2. The number of hydrogen-bond acceptors (Lipinski definition) is 4. The zero-order chi connectivity index (χ0) is 18.3. The van der Waals surface area contributed by atoms with Gasteiger partial charge >= 0.3 is 0 Å². The number of nitrogens with one attached hydrogen (secondary N) is 2. The Morgan fingerprint density at radius 1 is 1.04 bits per heavy atom. The maximum Gasteiger partial charge on any atom is 0.256 e. The number of methoxy groups -OCH3 is 3. The van der Waals surface area contributed by atoms with Crippen LogP contribution in [0.5, 0.6) is 17.2 Å². The molecule has 0 saturated heterocycles. The van der Waals surface area contributed by atoms with Gasteiger partial charge in [0, 0.05) is 23.4 Å². The molecule has 2 aromatic rings. The van der Waals surface area contributed by atoms with Crippen molar-refractivity contribution in [2.24, 2.45) is 0 Å². The van der Waals surface area contributed by atoms with E-state index in [0.717, 1.165) is 36.3 Å². The maximum absolute atomic E-state index is 12.6. The van der Waals surface area contributed by atoms with Gasteiger partial charge in [0.05, 0.1) is 43.8 Å². The fourth-order valence-corrected chi connectivity index (χ4v) is 3.84. The van der Waals surface area contributed by atoms with E-state index in [-0.39, 0.29) is 5.91 Å². The topological polar surface area (TPSA) is 72.6 Å². The number of anilines is 1. The van der Waals surface area contributed by atoms with Gasteiger partial charge in [0.25, 0.3) is 5.91 Å². The second kappa shape index (κ2) is 6.44. The highest BCUT2D eigenvalue weighted by Crippen LogP contribution is 2.44. The molecule has 1 aromatic heterocycles. The fourth-order valence-electron chi connectivity index (χ4n) is 3.84. The van der Waals surface area contributed by atoms with Gasteiger partial charge in [-0.3, -0.25) is 4.79 Å². The molecule has 0 bridgehead atoms. The summed E-state index contributed by atoms with van der Waals surface area (Å²) in [6.07, 6.45) is 6.20. The number of rotatable bonds is 4. The van der Waals surface area contributed by atoms with Crippen LogP contribution in [0.25, 0.3) is 11.6 Å². The number of amides is 1. The third-order valence-electron chi connectivity index (χ3n) is 5.06. The summed E-state index contributed by atoms with van der Waals surface area (Å²) in [5.41, 5.74) is 5.25. The van der Waals surface area contributed by atoms with Crippen molar-refractivity contribution >= 4 is 23.2 Å². The van der Waals surface area contributed by atoms with Crippen LogP contribution in [0, 0.1) is 0 Å². The highest BCUT2D eigenvalue weighted by molar-refractivity contribution is 6.35. The van der Waals surface area contributed by atoms with Crippen LogP contribution in [0.15, 0.2) is 12.1 Å².